The van der Waals surface area contributed by atoms with Gasteiger partial charge in [-0.25, -0.2) is 4.98 Å². The third-order valence-electron chi connectivity index (χ3n) is 2.96. The predicted molar refractivity (Wildman–Crippen MR) is 76.4 cm³/mol. The maximum Gasteiger partial charge on any atom is 0.201 e. The van der Waals surface area contributed by atoms with Crippen LogP contribution < -0.4 is 10.5 Å². The van der Waals surface area contributed by atoms with Crippen LogP contribution in [0.5, 0.6) is 5.75 Å². The maximum atomic E-state index is 5.99. The molecule has 0 bridgehead atoms. The van der Waals surface area contributed by atoms with E-state index >= 15 is 0 Å². The van der Waals surface area contributed by atoms with Crippen LogP contribution in [0.4, 0.5) is 5.95 Å². The molecule has 0 radical (unpaired) electrons. The van der Waals surface area contributed by atoms with Gasteiger partial charge >= 0.3 is 0 Å². The number of fused-ring (bicyclic) bond motifs is 1. The molecule has 1 aromatic heterocycles. The van der Waals surface area contributed by atoms with Gasteiger partial charge in [-0.2, -0.15) is 0 Å². The Hall–Kier alpha value is -1.75. The van der Waals surface area contributed by atoms with Crippen molar-refractivity contribution in [3.05, 3.63) is 18.2 Å². The van der Waals surface area contributed by atoms with Crippen molar-refractivity contribution in [2.24, 2.45) is 0 Å². The van der Waals surface area contributed by atoms with Crippen LogP contribution in [0.15, 0.2) is 18.2 Å². The molecule has 2 rings (SSSR count). The number of para-hydroxylation sites is 1. The normalized spacial score (nSPS) is 11.1. The highest BCUT2D eigenvalue weighted by atomic mass is 16.5. The van der Waals surface area contributed by atoms with Gasteiger partial charge in [-0.3, -0.25) is 0 Å². The van der Waals surface area contributed by atoms with Gasteiger partial charge in [0.2, 0.25) is 5.95 Å². The molecule has 0 amide bonds. The molecule has 0 atom stereocenters. The molecule has 2 aromatic rings. The fraction of sp³-hybridized carbons (Fsp3) is 0.500. The van der Waals surface area contributed by atoms with Crippen LogP contribution in [0.3, 0.4) is 0 Å². The Morgan fingerprint density at radius 2 is 2.16 bits per heavy atom. The van der Waals surface area contributed by atoms with Crippen molar-refractivity contribution in [2.45, 2.75) is 26.3 Å². The van der Waals surface area contributed by atoms with Crippen molar-refractivity contribution < 1.29 is 9.47 Å². The number of rotatable bonds is 7. The molecule has 1 aromatic carbocycles. The molecular weight excluding hydrogens is 242 g/mol. The zero-order valence-electron chi connectivity index (χ0n) is 11.6. The maximum absolute atomic E-state index is 5.99. The summed E-state index contributed by atoms with van der Waals surface area (Å²) in [6, 6.07) is 5.93. The summed E-state index contributed by atoms with van der Waals surface area (Å²) < 4.78 is 12.8. The molecule has 0 fully saturated rings. The summed E-state index contributed by atoms with van der Waals surface area (Å²) in [7, 11) is 1.70. The summed E-state index contributed by atoms with van der Waals surface area (Å²) in [5, 5.41) is 0. The lowest BCUT2D eigenvalue weighted by molar-refractivity contribution is 0.191. The zero-order valence-corrected chi connectivity index (χ0v) is 11.6. The van der Waals surface area contributed by atoms with E-state index in [9.17, 15) is 0 Å². The smallest absolute Gasteiger partial charge is 0.201 e. The third kappa shape index (κ3) is 2.98. The van der Waals surface area contributed by atoms with E-state index in [-0.39, 0.29) is 0 Å². The molecule has 5 heteroatoms. The molecule has 0 aliphatic heterocycles. The second-order valence-corrected chi connectivity index (χ2v) is 4.44. The first-order valence-corrected chi connectivity index (χ1v) is 6.64. The minimum Gasteiger partial charge on any atom is -0.491 e. The molecule has 0 unspecified atom stereocenters. The molecule has 19 heavy (non-hydrogen) atoms. The largest absolute Gasteiger partial charge is 0.491 e. The average Bonchev–Trinajstić information content (AvgIpc) is 2.74. The number of aryl methyl sites for hydroxylation is 1. The van der Waals surface area contributed by atoms with E-state index in [1.54, 1.807) is 7.11 Å². The Morgan fingerprint density at radius 1 is 1.32 bits per heavy atom. The van der Waals surface area contributed by atoms with E-state index in [2.05, 4.69) is 11.9 Å². The van der Waals surface area contributed by atoms with Crippen molar-refractivity contribution in [1.29, 1.82) is 0 Å². The molecular formula is C14H21N3O2. The summed E-state index contributed by atoms with van der Waals surface area (Å²) in [5.74, 6) is 1.33. The van der Waals surface area contributed by atoms with Gasteiger partial charge in [0.15, 0.2) is 0 Å². The fourth-order valence-corrected chi connectivity index (χ4v) is 2.07. The highest BCUT2D eigenvalue weighted by Crippen LogP contribution is 2.27. The van der Waals surface area contributed by atoms with Crippen LogP contribution in [0, 0.1) is 0 Å². The topological polar surface area (TPSA) is 62.3 Å². The van der Waals surface area contributed by atoms with Gasteiger partial charge in [-0.1, -0.05) is 13.0 Å². The number of imidazole rings is 1. The van der Waals surface area contributed by atoms with Gasteiger partial charge in [0.25, 0.3) is 0 Å². The molecule has 5 nitrogen and oxygen atoms in total. The number of benzene rings is 1. The summed E-state index contributed by atoms with van der Waals surface area (Å²) in [4.78, 5) is 4.42. The highest BCUT2D eigenvalue weighted by Gasteiger charge is 2.11. The first kappa shape index (κ1) is 13.7. The Bertz CT molecular complexity index is 537. The van der Waals surface area contributed by atoms with Crippen molar-refractivity contribution >= 4 is 17.0 Å². The van der Waals surface area contributed by atoms with Crippen LogP contribution in [0.25, 0.3) is 11.0 Å². The van der Waals surface area contributed by atoms with Crippen LogP contribution in [0.1, 0.15) is 19.8 Å². The van der Waals surface area contributed by atoms with Crippen LogP contribution in [0.2, 0.25) is 0 Å². The van der Waals surface area contributed by atoms with E-state index in [0.29, 0.717) is 19.2 Å². The number of nitrogen functional groups attached to an aromatic ring is 1. The van der Waals surface area contributed by atoms with Crippen LogP contribution >= 0.6 is 0 Å². The lowest BCUT2D eigenvalue weighted by Crippen LogP contribution is -2.05. The minimum absolute atomic E-state index is 0.527. The van der Waals surface area contributed by atoms with E-state index in [1.807, 2.05) is 22.8 Å². The summed E-state index contributed by atoms with van der Waals surface area (Å²) in [5.41, 5.74) is 7.84. The number of ether oxygens (including phenoxy) is 2. The van der Waals surface area contributed by atoms with Crippen molar-refractivity contribution in [3.63, 3.8) is 0 Å². The Balaban J connectivity index is 2.29. The Morgan fingerprint density at radius 3 is 2.89 bits per heavy atom. The van der Waals surface area contributed by atoms with Gasteiger partial charge < -0.3 is 19.8 Å². The monoisotopic (exact) mass is 263 g/mol. The van der Waals surface area contributed by atoms with E-state index in [1.165, 1.54) is 0 Å². The standard InChI is InChI=1S/C14H21N3O2/c1-3-9-19-12-7-4-6-11-13(12)16-14(15)17(11)8-5-10-18-2/h4,6-7H,3,5,8-10H2,1-2H3,(H2,15,16). The number of nitrogens with zero attached hydrogens (tertiary/aromatic N) is 2. The molecule has 104 valence electrons. The van der Waals surface area contributed by atoms with Crippen molar-refractivity contribution in [1.82, 2.24) is 9.55 Å². The van der Waals surface area contributed by atoms with Crippen LogP contribution in [-0.4, -0.2) is 29.9 Å². The zero-order chi connectivity index (χ0) is 13.7. The summed E-state index contributed by atoms with van der Waals surface area (Å²) >= 11 is 0. The third-order valence-corrected chi connectivity index (χ3v) is 2.96. The van der Waals surface area contributed by atoms with Crippen molar-refractivity contribution in [2.75, 3.05) is 26.1 Å². The quantitative estimate of drug-likeness (QED) is 0.779. The minimum atomic E-state index is 0.527. The van der Waals surface area contributed by atoms with Gasteiger partial charge in [0, 0.05) is 20.3 Å². The second-order valence-electron chi connectivity index (χ2n) is 4.44. The van der Waals surface area contributed by atoms with E-state index in [0.717, 1.165) is 36.2 Å². The molecule has 1 heterocycles. The second kappa shape index (κ2) is 6.43. The van der Waals surface area contributed by atoms with E-state index < -0.39 is 0 Å². The number of anilines is 1. The average molecular weight is 263 g/mol. The number of hydrogen-bond acceptors (Lipinski definition) is 4. The molecule has 0 aliphatic carbocycles. The first-order chi connectivity index (χ1) is 9.27. The summed E-state index contributed by atoms with van der Waals surface area (Å²) in [6.45, 7) is 4.28. The lowest BCUT2D eigenvalue weighted by atomic mass is 10.3. The van der Waals surface area contributed by atoms with Gasteiger partial charge in [0.05, 0.1) is 12.1 Å². The molecule has 2 N–H and O–H groups in total. The first-order valence-electron chi connectivity index (χ1n) is 6.64. The summed E-state index contributed by atoms with van der Waals surface area (Å²) in [6.07, 6.45) is 1.88. The van der Waals surface area contributed by atoms with Crippen LogP contribution in [-0.2, 0) is 11.3 Å². The number of aromatic nitrogens is 2. The molecule has 0 aliphatic rings. The number of methoxy groups -OCH3 is 1. The molecule has 0 saturated carbocycles. The number of nitrogens with two attached hydrogens (primary N) is 1. The lowest BCUT2D eigenvalue weighted by Gasteiger charge is -2.07. The molecule has 0 saturated heterocycles. The fourth-order valence-electron chi connectivity index (χ4n) is 2.07. The van der Waals surface area contributed by atoms with Gasteiger partial charge in [-0.15, -0.1) is 0 Å². The highest BCUT2D eigenvalue weighted by molar-refractivity contribution is 5.84. The van der Waals surface area contributed by atoms with Gasteiger partial charge in [0.1, 0.15) is 11.3 Å². The van der Waals surface area contributed by atoms with Crippen molar-refractivity contribution in [3.8, 4) is 5.75 Å². The predicted octanol–water partition coefficient (Wildman–Crippen LogP) is 2.44. The molecule has 0 spiro atoms. The Labute approximate surface area is 113 Å². The SMILES string of the molecule is CCCOc1cccc2c1nc(N)n2CCCOC. The van der Waals surface area contributed by atoms with E-state index in [4.69, 9.17) is 15.2 Å². The van der Waals surface area contributed by atoms with Gasteiger partial charge in [-0.05, 0) is 25.0 Å². The number of hydrogen-bond donors (Lipinski definition) is 1. The Kier molecular flexibility index (Phi) is 4.63.